The highest BCUT2D eigenvalue weighted by Gasteiger charge is 2.13. The molecule has 0 spiro atoms. The fourth-order valence-electron chi connectivity index (χ4n) is 1.36. The molecule has 0 amide bonds. The molecule has 0 radical (unpaired) electrons. The first-order valence-electron chi connectivity index (χ1n) is 4.60. The number of nitrogens with two attached hydrogens (primary N) is 2. The molecule has 7 heteroatoms. The van der Waals surface area contributed by atoms with E-state index in [4.69, 9.17) is 11.6 Å². The quantitative estimate of drug-likeness (QED) is 0.433. The average Bonchev–Trinajstić information content (AvgIpc) is 2.22. The zero-order valence-electron chi connectivity index (χ0n) is 8.78. The molecular weight excluding hydrogens is 198 g/mol. The summed E-state index contributed by atoms with van der Waals surface area (Å²) >= 11 is 0. The Labute approximate surface area is 86.3 Å². The van der Waals surface area contributed by atoms with E-state index < -0.39 is 11.2 Å². The van der Waals surface area contributed by atoms with Crippen LogP contribution in [0.4, 0.5) is 11.5 Å². The van der Waals surface area contributed by atoms with Crippen molar-refractivity contribution in [1.82, 2.24) is 9.13 Å². The zero-order chi connectivity index (χ0) is 11.6. The maximum atomic E-state index is 11.6. The van der Waals surface area contributed by atoms with Crippen LogP contribution in [0.3, 0.4) is 0 Å². The monoisotopic (exact) mass is 213 g/mol. The minimum Gasteiger partial charge on any atom is -0.383 e. The molecule has 0 aliphatic rings. The van der Waals surface area contributed by atoms with Gasteiger partial charge in [0.25, 0.3) is 5.56 Å². The van der Waals surface area contributed by atoms with Gasteiger partial charge in [0.1, 0.15) is 5.82 Å². The first kappa shape index (κ1) is 11.3. The van der Waals surface area contributed by atoms with Gasteiger partial charge < -0.3 is 11.2 Å². The van der Waals surface area contributed by atoms with E-state index in [0.29, 0.717) is 6.54 Å². The fourth-order valence-corrected chi connectivity index (χ4v) is 1.36. The van der Waals surface area contributed by atoms with Gasteiger partial charge in [-0.05, 0) is 6.42 Å². The number of hydrazine groups is 1. The van der Waals surface area contributed by atoms with Crippen LogP contribution in [0, 0.1) is 0 Å². The maximum Gasteiger partial charge on any atom is 0.332 e. The molecule has 1 rings (SSSR count). The van der Waals surface area contributed by atoms with Gasteiger partial charge in [-0.25, -0.2) is 4.79 Å². The second-order valence-corrected chi connectivity index (χ2v) is 3.20. The van der Waals surface area contributed by atoms with E-state index in [1.54, 1.807) is 0 Å². The van der Waals surface area contributed by atoms with Crippen molar-refractivity contribution in [3.05, 3.63) is 20.8 Å². The van der Waals surface area contributed by atoms with Gasteiger partial charge in [-0.2, -0.15) is 0 Å². The Morgan fingerprint density at radius 1 is 1.40 bits per heavy atom. The van der Waals surface area contributed by atoms with E-state index >= 15 is 0 Å². The summed E-state index contributed by atoms with van der Waals surface area (Å²) in [5, 5.41) is 0. The van der Waals surface area contributed by atoms with Gasteiger partial charge in [-0.15, -0.1) is 0 Å². The van der Waals surface area contributed by atoms with Crippen molar-refractivity contribution in [2.45, 2.75) is 19.9 Å². The van der Waals surface area contributed by atoms with Gasteiger partial charge in [0.2, 0.25) is 0 Å². The summed E-state index contributed by atoms with van der Waals surface area (Å²) in [6, 6.07) is 0. The Balaban J connectivity index is 3.61. The molecule has 0 aliphatic heterocycles. The van der Waals surface area contributed by atoms with Crippen LogP contribution in [0.1, 0.15) is 13.3 Å². The first-order valence-corrected chi connectivity index (χ1v) is 4.60. The molecule has 84 valence electrons. The Hall–Kier alpha value is -1.76. The highest BCUT2D eigenvalue weighted by atomic mass is 16.2. The molecule has 1 aromatic rings. The van der Waals surface area contributed by atoms with E-state index in [2.05, 4.69) is 5.43 Å². The second kappa shape index (κ2) is 4.18. The van der Waals surface area contributed by atoms with Gasteiger partial charge in [-0.3, -0.25) is 19.8 Å². The highest BCUT2D eigenvalue weighted by molar-refractivity contribution is 5.59. The molecule has 0 aromatic carbocycles. The Morgan fingerprint density at radius 3 is 2.47 bits per heavy atom. The summed E-state index contributed by atoms with van der Waals surface area (Å²) in [4.78, 5) is 23.2. The van der Waals surface area contributed by atoms with Crippen LogP contribution in [-0.2, 0) is 13.6 Å². The first-order chi connectivity index (χ1) is 7.04. The Morgan fingerprint density at radius 2 is 2.00 bits per heavy atom. The molecule has 0 bridgehead atoms. The summed E-state index contributed by atoms with van der Waals surface area (Å²) in [5.41, 5.74) is 6.96. The van der Waals surface area contributed by atoms with Crippen molar-refractivity contribution in [3.63, 3.8) is 0 Å². The molecule has 0 unspecified atom stereocenters. The predicted molar refractivity (Wildman–Crippen MR) is 58.5 cm³/mol. The summed E-state index contributed by atoms with van der Waals surface area (Å²) in [6.45, 7) is 2.36. The largest absolute Gasteiger partial charge is 0.383 e. The van der Waals surface area contributed by atoms with Gasteiger partial charge in [0.05, 0.1) is 0 Å². The number of nitrogens with one attached hydrogen (secondary N) is 1. The lowest BCUT2D eigenvalue weighted by atomic mass is 10.4. The molecule has 0 saturated carbocycles. The van der Waals surface area contributed by atoms with Crippen molar-refractivity contribution >= 4 is 11.5 Å². The third-order valence-corrected chi connectivity index (χ3v) is 2.17. The zero-order valence-corrected chi connectivity index (χ0v) is 8.78. The molecule has 0 saturated heterocycles. The highest BCUT2D eigenvalue weighted by Crippen LogP contribution is 2.08. The van der Waals surface area contributed by atoms with Crippen molar-refractivity contribution < 1.29 is 0 Å². The maximum absolute atomic E-state index is 11.6. The number of rotatable bonds is 3. The van der Waals surface area contributed by atoms with E-state index in [-0.39, 0.29) is 11.5 Å². The third kappa shape index (κ3) is 1.73. The second-order valence-electron chi connectivity index (χ2n) is 3.20. The van der Waals surface area contributed by atoms with Crippen LogP contribution in [0.15, 0.2) is 9.59 Å². The predicted octanol–water partition coefficient (Wildman–Crippen LogP) is -1.18. The molecule has 15 heavy (non-hydrogen) atoms. The van der Waals surface area contributed by atoms with Gasteiger partial charge in [0.15, 0.2) is 5.69 Å². The van der Waals surface area contributed by atoms with E-state index in [0.717, 1.165) is 11.0 Å². The van der Waals surface area contributed by atoms with Crippen molar-refractivity contribution in [2.75, 3.05) is 11.2 Å². The molecule has 5 N–H and O–H groups in total. The van der Waals surface area contributed by atoms with Crippen LogP contribution in [-0.4, -0.2) is 9.13 Å². The normalized spacial score (nSPS) is 10.3. The molecule has 7 nitrogen and oxygen atoms in total. The standard InChI is InChI=1S/C8H15N5O2/c1-3-4-13-6(9)5(11-10)7(14)12(2)8(13)15/h11H,3-4,9-10H2,1-2H3. The minimum absolute atomic E-state index is 0.0468. The van der Waals surface area contributed by atoms with E-state index in [9.17, 15) is 9.59 Å². The van der Waals surface area contributed by atoms with Gasteiger partial charge >= 0.3 is 5.69 Å². The molecule has 1 aromatic heterocycles. The lowest BCUT2D eigenvalue weighted by Gasteiger charge is -2.13. The number of nitrogens with zero attached hydrogens (tertiary/aromatic N) is 2. The molecule has 0 atom stereocenters. The van der Waals surface area contributed by atoms with Crippen molar-refractivity contribution in [1.29, 1.82) is 0 Å². The van der Waals surface area contributed by atoms with Crippen molar-refractivity contribution in [3.8, 4) is 0 Å². The number of hydrogen-bond donors (Lipinski definition) is 3. The SMILES string of the molecule is CCCn1c(N)c(NN)c(=O)n(C)c1=O. The van der Waals surface area contributed by atoms with Crippen LogP contribution < -0.4 is 28.3 Å². The number of nitrogen functional groups attached to an aromatic ring is 2. The van der Waals surface area contributed by atoms with Crippen molar-refractivity contribution in [2.24, 2.45) is 12.9 Å². The number of anilines is 2. The lowest BCUT2D eigenvalue weighted by molar-refractivity contribution is 0.600. The third-order valence-electron chi connectivity index (χ3n) is 2.17. The Bertz CT molecular complexity index is 473. The number of aromatic nitrogens is 2. The summed E-state index contributed by atoms with van der Waals surface area (Å²) in [5.74, 6) is 5.25. The van der Waals surface area contributed by atoms with Crippen LogP contribution in [0.5, 0.6) is 0 Å². The Kier molecular flexibility index (Phi) is 3.15. The van der Waals surface area contributed by atoms with E-state index in [1.807, 2.05) is 6.92 Å². The molecule has 1 heterocycles. The van der Waals surface area contributed by atoms with Gasteiger partial charge in [-0.1, -0.05) is 6.92 Å². The smallest absolute Gasteiger partial charge is 0.332 e. The van der Waals surface area contributed by atoms with Gasteiger partial charge in [0, 0.05) is 13.6 Å². The average molecular weight is 213 g/mol. The van der Waals surface area contributed by atoms with Crippen LogP contribution in [0.25, 0.3) is 0 Å². The summed E-state index contributed by atoms with van der Waals surface area (Å²) < 4.78 is 2.29. The molecular formula is C8H15N5O2. The topological polar surface area (TPSA) is 108 Å². The fraction of sp³-hybridized carbons (Fsp3) is 0.500. The summed E-state index contributed by atoms with van der Waals surface area (Å²) in [7, 11) is 1.39. The lowest BCUT2D eigenvalue weighted by Crippen LogP contribution is -2.41. The van der Waals surface area contributed by atoms with Crippen LogP contribution >= 0.6 is 0 Å². The number of hydrogen-bond acceptors (Lipinski definition) is 5. The minimum atomic E-state index is -0.521. The van der Waals surface area contributed by atoms with E-state index in [1.165, 1.54) is 11.6 Å². The molecule has 0 fully saturated rings. The van der Waals surface area contributed by atoms with Crippen LogP contribution in [0.2, 0.25) is 0 Å². The summed E-state index contributed by atoms with van der Waals surface area (Å²) in [6.07, 6.45) is 0.742. The molecule has 0 aliphatic carbocycles.